The molecule has 0 unspecified atom stereocenters. The lowest BCUT2D eigenvalue weighted by Gasteiger charge is -2.36. The molecule has 14 nitrogen and oxygen atoms in total. The van der Waals surface area contributed by atoms with Crippen molar-refractivity contribution in [3.05, 3.63) is 72.6 Å². The number of piperazine rings is 1. The number of hydrogen-bond donors (Lipinski definition) is 4. The highest BCUT2D eigenvalue weighted by Crippen LogP contribution is 2.33. The Hall–Kier alpha value is -5.21. The Balaban J connectivity index is 0.991. The SMILES string of the molecule is COC(=O)N[C@H]1CCCCCOCC[C@@H](c2ncc(-c3ccc(-c4ccc(-c5cnc([C@@H]6CCCN6C(=O)N6CCN(C)CC6)[nH]5)cc4)cc3)[nH]2)NC1=O. The first-order valence-corrected chi connectivity index (χ1v) is 19.1. The summed E-state index contributed by atoms with van der Waals surface area (Å²) in [6, 6.07) is 15.6. The van der Waals surface area contributed by atoms with E-state index in [-0.39, 0.29) is 18.0 Å². The third kappa shape index (κ3) is 8.77. The summed E-state index contributed by atoms with van der Waals surface area (Å²) in [6.45, 7) is 5.22. The molecule has 286 valence electrons. The summed E-state index contributed by atoms with van der Waals surface area (Å²) in [5, 5.41) is 5.75. The lowest BCUT2D eigenvalue weighted by Crippen LogP contribution is -2.51. The molecule has 0 saturated carbocycles. The Morgan fingerprint density at radius 1 is 0.759 bits per heavy atom. The zero-order valence-corrected chi connectivity index (χ0v) is 31.2. The van der Waals surface area contributed by atoms with Gasteiger partial charge in [-0.1, -0.05) is 61.4 Å². The molecule has 3 fully saturated rings. The van der Waals surface area contributed by atoms with Crippen molar-refractivity contribution in [2.75, 3.05) is 60.1 Å². The average molecular weight is 738 g/mol. The van der Waals surface area contributed by atoms with Crippen LogP contribution in [0.2, 0.25) is 0 Å². The molecule has 14 heteroatoms. The molecule has 2 aromatic heterocycles. The molecule has 4 aromatic rings. The van der Waals surface area contributed by atoms with E-state index in [2.05, 4.69) is 86.1 Å². The number of alkyl carbamates (subject to hydrolysis) is 1. The largest absolute Gasteiger partial charge is 0.453 e. The number of urea groups is 1. The number of carbonyl (C=O) groups is 3. The van der Waals surface area contributed by atoms with E-state index in [1.54, 1.807) is 6.20 Å². The summed E-state index contributed by atoms with van der Waals surface area (Å²) in [6.07, 6.45) is 8.54. The number of benzene rings is 2. The van der Waals surface area contributed by atoms with Crippen molar-refractivity contribution in [2.45, 2.75) is 63.1 Å². The van der Waals surface area contributed by atoms with Crippen LogP contribution in [0.1, 0.15) is 68.7 Å². The van der Waals surface area contributed by atoms with Crippen molar-refractivity contribution < 1.29 is 23.9 Å². The highest BCUT2D eigenvalue weighted by Gasteiger charge is 2.35. The molecule has 3 aliphatic heterocycles. The number of H-pyrrole nitrogens is 2. The minimum atomic E-state index is -0.694. The predicted molar refractivity (Wildman–Crippen MR) is 204 cm³/mol. The molecule has 0 aliphatic carbocycles. The maximum Gasteiger partial charge on any atom is 0.407 e. The Kier molecular flexibility index (Phi) is 11.9. The molecule has 0 radical (unpaired) electrons. The number of likely N-dealkylation sites (N-methyl/N-ethyl adjacent to an activating group) is 1. The van der Waals surface area contributed by atoms with E-state index in [4.69, 9.17) is 14.5 Å². The summed E-state index contributed by atoms with van der Waals surface area (Å²) in [7, 11) is 3.39. The summed E-state index contributed by atoms with van der Waals surface area (Å²) >= 11 is 0. The molecular formula is C40H51N9O5. The quantitative estimate of drug-likeness (QED) is 0.202. The van der Waals surface area contributed by atoms with Crippen molar-refractivity contribution in [2.24, 2.45) is 0 Å². The standard InChI is InChI=1S/C40H51N9O5/c1-47-19-21-48(22-20-47)40(52)49-18-6-8-35(49)37-42-26-34(44-37)30-15-11-28(12-16-30)27-9-13-29(14-10-27)33-25-41-36(43-33)31-17-24-54-23-5-3-4-7-32(38(50)45-31)46-39(51)53-2/h9-16,25-26,31-32,35H,3-8,17-24H2,1-2H3,(H,41,43)(H,42,44)(H,45,50)(H,46,51)/t31-,32-,35-/m0/s1. The van der Waals surface area contributed by atoms with Crippen LogP contribution in [0, 0.1) is 0 Å². The maximum absolute atomic E-state index is 13.4. The van der Waals surface area contributed by atoms with Crippen LogP contribution in [0.5, 0.6) is 0 Å². The zero-order chi connectivity index (χ0) is 37.4. The van der Waals surface area contributed by atoms with Gasteiger partial charge < -0.3 is 44.8 Å². The molecule has 7 rings (SSSR count). The highest BCUT2D eigenvalue weighted by molar-refractivity contribution is 5.86. The number of nitrogens with zero attached hydrogens (tertiary/aromatic N) is 5. The molecular weight excluding hydrogens is 686 g/mol. The Morgan fingerprint density at radius 2 is 1.39 bits per heavy atom. The number of aromatic nitrogens is 4. The van der Waals surface area contributed by atoms with Gasteiger partial charge in [-0.15, -0.1) is 0 Å². The summed E-state index contributed by atoms with van der Waals surface area (Å²) in [5.74, 6) is 1.19. The van der Waals surface area contributed by atoms with Crippen molar-refractivity contribution in [1.29, 1.82) is 0 Å². The van der Waals surface area contributed by atoms with E-state index in [0.717, 1.165) is 104 Å². The van der Waals surface area contributed by atoms with Crippen LogP contribution in [0.3, 0.4) is 0 Å². The van der Waals surface area contributed by atoms with Crippen molar-refractivity contribution in [1.82, 2.24) is 45.3 Å². The zero-order valence-electron chi connectivity index (χ0n) is 31.2. The van der Waals surface area contributed by atoms with Crippen molar-refractivity contribution >= 4 is 18.0 Å². The first-order valence-electron chi connectivity index (χ1n) is 19.1. The number of amides is 4. The summed E-state index contributed by atoms with van der Waals surface area (Å²) in [5.41, 5.74) is 5.92. The van der Waals surface area contributed by atoms with Crippen molar-refractivity contribution in [3.8, 4) is 33.6 Å². The molecule has 2 aromatic carbocycles. The van der Waals surface area contributed by atoms with E-state index >= 15 is 0 Å². The van der Waals surface area contributed by atoms with Gasteiger partial charge in [0.25, 0.3) is 0 Å². The fourth-order valence-electron chi connectivity index (χ4n) is 7.51. The van der Waals surface area contributed by atoms with Gasteiger partial charge in [-0.05, 0) is 61.4 Å². The van der Waals surface area contributed by atoms with Crippen LogP contribution in [0.25, 0.3) is 33.6 Å². The minimum Gasteiger partial charge on any atom is -0.453 e. The van der Waals surface area contributed by atoms with Gasteiger partial charge >= 0.3 is 12.1 Å². The van der Waals surface area contributed by atoms with Gasteiger partial charge in [-0.3, -0.25) is 4.79 Å². The van der Waals surface area contributed by atoms with Crippen molar-refractivity contribution in [3.63, 3.8) is 0 Å². The van der Waals surface area contributed by atoms with Gasteiger partial charge in [0.05, 0.1) is 43.0 Å². The predicted octanol–water partition coefficient (Wildman–Crippen LogP) is 5.50. The molecule has 3 aliphatic rings. The molecule has 54 heavy (non-hydrogen) atoms. The maximum atomic E-state index is 13.4. The Morgan fingerprint density at radius 3 is 2.06 bits per heavy atom. The molecule has 3 atom stereocenters. The van der Waals surface area contributed by atoms with Gasteiger partial charge in [0.1, 0.15) is 17.7 Å². The first kappa shape index (κ1) is 37.1. The van der Waals surface area contributed by atoms with Crippen LogP contribution < -0.4 is 10.6 Å². The van der Waals surface area contributed by atoms with Gasteiger partial charge in [-0.25, -0.2) is 19.6 Å². The van der Waals surface area contributed by atoms with Gasteiger partial charge in [0.15, 0.2) is 0 Å². The molecule has 0 bridgehead atoms. The number of aromatic amines is 2. The Bertz CT molecular complexity index is 1870. The normalized spacial score (nSPS) is 21.9. The molecule has 4 N–H and O–H groups in total. The van der Waals surface area contributed by atoms with Crippen LogP contribution in [-0.2, 0) is 14.3 Å². The number of methoxy groups -OCH3 is 1. The minimum absolute atomic E-state index is 0.0369. The fraction of sp³-hybridized carbons (Fsp3) is 0.475. The Labute approximate surface area is 316 Å². The number of likely N-dealkylation sites (tertiary alicyclic amines) is 1. The second-order valence-electron chi connectivity index (χ2n) is 14.4. The second kappa shape index (κ2) is 17.3. The number of nitrogens with one attached hydrogen (secondary N) is 4. The molecule has 0 spiro atoms. The molecule has 5 heterocycles. The highest BCUT2D eigenvalue weighted by atomic mass is 16.5. The van der Waals surface area contributed by atoms with E-state index in [0.29, 0.717) is 31.9 Å². The van der Waals surface area contributed by atoms with E-state index in [9.17, 15) is 14.4 Å². The third-order valence-corrected chi connectivity index (χ3v) is 10.8. The summed E-state index contributed by atoms with van der Waals surface area (Å²) in [4.78, 5) is 61.1. The number of ether oxygens (including phenoxy) is 2. The van der Waals surface area contributed by atoms with E-state index in [1.165, 1.54) is 7.11 Å². The topological polar surface area (TPSA) is 161 Å². The molecule has 4 amide bonds. The van der Waals surface area contributed by atoms with Crippen LogP contribution in [-0.4, -0.2) is 119 Å². The first-order chi connectivity index (χ1) is 26.4. The fourth-order valence-corrected chi connectivity index (χ4v) is 7.51. The van der Waals surface area contributed by atoms with Crippen LogP contribution in [0.15, 0.2) is 60.9 Å². The summed E-state index contributed by atoms with van der Waals surface area (Å²) < 4.78 is 10.6. The monoisotopic (exact) mass is 737 g/mol. The second-order valence-corrected chi connectivity index (χ2v) is 14.4. The van der Waals surface area contributed by atoms with Crippen LogP contribution >= 0.6 is 0 Å². The number of rotatable bonds is 6. The number of hydrogen-bond acceptors (Lipinski definition) is 8. The average Bonchev–Trinajstić information content (AvgIpc) is 3.99. The third-order valence-electron chi connectivity index (χ3n) is 10.8. The number of imidazole rings is 2. The van der Waals surface area contributed by atoms with Gasteiger partial charge in [0, 0.05) is 45.9 Å². The van der Waals surface area contributed by atoms with Crippen LogP contribution in [0.4, 0.5) is 9.59 Å². The number of carbonyl (C=O) groups excluding carboxylic acids is 3. The smallest absolute Gasteiger partial charge is 0.407 e. The van der Waals surface area contributed by atoms with E-state index < -0.39 is 18.2 Å². The lowest BCUT2D eigenvalue weighted by atomic mass is 10.0. The lowest BCUT2D eigenvalue weighted by molar-refractivity contribution is -0.124. The molecule has 3 saturated heterocycles. The van der Waals surface area contributed by atoms with Gasteiger partial charge in [-0.2, -0.15) is 0 Å². The van der Waals surface area contributed by atoms with E-state index in [1.807, 2.05) is 16.0 Å². The van der Waals surface area contributed by atoms with Gasteiger partial charge in [0.2, 0.25) is 5.91 Å².